The van der Waals surface area contributed by atoms with Gasteiger partial charge in [0.2, 0.25) is 5.91 Å². The summed E-state index contributed by atoms with van der Waals surface area (Å²) < 4.78 is 2.05. The topological polar surface area (TPSA) is 76.9 Å². The number of rotatable bonds is 8. The van der Waals surface area contributed by atoms with Crippen LogP contribution in [0.2, 0.25) is 0 Å². The molecule has 2 heterocycles. The molecule has 8 heteroatoms. The second kappa shape index (κ2) is 9.93. The van der Waals surface area contributed by atoms with Crippen molar-refractivity contribution in [3.05, 3.63) is 83.2 Å². The molecule has 1 atom stereocenters. The van der Waals surface area contributed by atoms with Crippen LogP contribution in [0.5, 0.6) is 0 Å². The fourth-order valence-electron chi connectivity index (χ4n) is 3.14. The van der Waals surface area contributed by atoms with Crippen LogP contribution < -0.4 is 5.32 Å². The molecule has 2 aromatic carbocycles. The second-order valence-corrected chi connectivity index (χ2v) is 9.50. The fourth-order valence-corrected chi connectivity index (χ4v) is 4.71. The molecule has 0 aliphatic heterocycles. The quantitative estimate of drug-likeness (QED) is 0.281. The van der Waals surface area contributed by atoms with E-state index in [2.05, 4.69) is 27.6 Å². The van der Waals surface area contributed by atoms with Crippen LogP contribution in [0.25, 0.3) is 10.7 Å². The average Bonchev–Trinajstić information content (AvgIpc) is 3.45. The molecule has 0 saturated heterocycles. The number of hydrogen-bond acceptors (Lipinski definition) is 6. The molecule has 0 radical (unpaired) electrons. The molecule has 4 rings (SSSR count). The summed E-state index contributed by atoms with van der Waals surface area (Å²) in [7, 11) is 0. The molecule has 0 bridgehead atoms. The summed E-state index contributed by atoms with van der Waals surface area (Å²) in [5.41, 5.74) is 2.29. The summed E-state index contributed by atoms with van der Waals surface area (Å²) in [4.78, 5) is 25.5. The van der Waals surface area contributed by atoms with E-state index in [1.54, 1.807) is 35.6 Å². The van der Waals surface area contributed by atoms with Gasteiger partial charge in [-0.15, -0.1) is 21.5 Å². The summed E-state index contributed by atoms with van der Waals surface area (Å²) in [5, 5.41) is 14.0. The van der Waals surface area contributed by atoms with Gasteiger partial charge in [0, 0.05) is 11.3 Å². The molecule has 162 valence electrons. The summed E-state index contributed by atoms with van der Waals surface area (Å²) in [6.07, 6.45) is 0. The molecule has 4 aromatic rings. The minimum atomic E-state index is -0.411. The number of thioether (sulfide) groups is 1. The Kier molecular flexibility index (Phi) is 6.82. The smallest absolute Gasteiger partial charge is 0.237 e. The highest BCUT2D eigenvalue weighted by Gasteiger charge is 2.21. The third-order valence-electron chi connectivity index (χ3n) is 4.83. The first-order valence-corrected chi connectivity index (χ1v) is 11.9. The maximum absolute atomic E-state index is 12.8. The molecule has 6 nitrogen and oxygen atoms in total. The minimum Gasteiger partial charge on any atom is -0.325 e. The molecule has 1 N–H and O–H groups in total. The largest absolute Gasteiger partial charge is 0.325 e. The van der Waals surface area contributed by atoms with Crippen LogP contribution in [0.4, 0.5) is 5.69 Å². The summed E-state index contributed by atoms with van der Waals surface area (Å²) in [6.45, 7) is 3.95. The Morgan fingerprint density at radius 3 is 2.59 bits per heavy atom. The Morgan fingerprint density at radius 2 is 1.88 bits per heavy atom. The number of ketones is 1. The van der Waals surface area contributed by atoms with Gasteiger partial charge in [-0.05, 0) is 43.0 Å². The van der Waals surface area contributed by atoms with E-state index in [1.807, 2.05) is 47.2 Å². The molecule has 1 amide bonds. The summed E-state index contributed by atoms with van der Waals surface area (Å²) in [5.74, 6) is 0.578. The number of hydrogen-bond donors (Lipinski definition) is 1. The van der Waals surface area contributed by atoms with Gasteiger partial charge in [-0.2, -0.15) is 0 Å². The Hall–Kier alpha value is -3.23. The minimum absolute atomic E-state index is 0.0429. The number of aromatic nitrogens is 3. The lowest BCUT2D eigenvalue weighted by molar-refractivity contribution is -0.115. The SMILES string of the molecule is CC(=O)c1cccc(NC(=O)[C@@H](C)Sc2nnc(-c3cccs3)n2Cc2ccccc2)c1. The highest BCUT2D eigenvalue weighted by Crippen LogP contribution is 2.30. The van der Waals surface area contributed by atoms with Crippen molar-refractivity contribution in [1.29, 1.82) is 0 Å². The van der Waals surface area contributed by atoms with Crippen LogP contribution in [0.3, 0.4) is 0 Å². The van der Waals surface area contributed by atoms with Gasteiger partial charge in [0.1, 0.15) is 0 Å². The van der Waals surface area contributed by atoms with Crippen LogP contribution in [-0.4, -0.2) is 31.7 Å². The van der Waals surface area contributed by atoms with E-state index in [-0.39, 0.29) is 11.7 Å². The first-order chi connectivity index (χ1) is 15.5. The van der Waals surface area contributed by atoms with E-state index in [9.17, 15) is 9.59 Å². The molecule has 0 aliphatic rings. The monoisotopic (exact) mass is 462 g/mol. The molecule has 0 fully saturated rings. The number of carbonyl (C=O) groups is 2. The van der Waals surface area contributed by atoms with Gasteiger partial charge >= 0.3 is 0 Å². The van der Waals surface area contributed by atoms with Crippen LogP contribution in [0, 0.1) is 0 Å². The number of nitrogens with one attached hydrogen (secondary N) is 1. The van der Waals surface area contributed by atoms with Crippen molar-refractivity contribution in [1.82, 2.24) is 14.8 Å². The maximum atomic E-state index is 12.8. The van der Waals surface area contributed by atoms with Gasteiger partial charge in [0.25, 0.3) is 0 Å². The lowest BCUT2D eigenvalue weighted by Gasteiger charge is -2.14. The molecule has 0 aliphatic carbocycles. The Labute approximate surface area is 194 Å². The Morgan fingerprint density at radius 1 is 1.06 bits per heavy atom. The van der Waals surface area contributed by atoms with Gasteiger partial charge < -0.3 is 5.32 Å². The van der Waals surface area contributed by atoms with E-state index in [0.29, 0.717) is 23.0 Å². The Balaban J connectivity index is 1.54. The number of nitrogens with zero attached hydrogens (tertiary/aromatic N) is 3. The van der Waals surface area contributed by atoms with Crippen molar-refractivity contribution in [2.24, 2.45) is 0 Å². The average molecular weight is 463 g/mol. The maximum Gasteiger partial charge on any atom is 0.237 e. The number of benzene rings is 2. The molecule has 32 heavy (non-hydrogen) atoms. The second-order valence-electron chi connectivity index (χ2n) is 7.24. The van der Waals surface area contributed by atoms with Crippen LogP contribution in [0.1, 0.15) is 29.8 Å². The third-order valence-corrected chi connectivity index (χ3v) is 6.78. The van der Waals surface area contributed by atoms with Crippen molar-refractivity contribution in [2.45, 2.75) is 30.8 Å². The zero-order valence-electron chi connectivity index (χ0n) is 17.7. The molecule has 0 unspecified atom stereocenters. The summed E-state index contributed by atoms with van der Waals surface area (Å²) >= 11 is 2.97. The highest BCUT2D eigenvalue weighted by atomic mass is 32.2. The van der Waals surface area contributed by atoms with E-state index in [4.69, 9.17) is 0 Å². The molecular formula is C24H22N4O2S2. The predicted molar refractivity (Wildman–Crippen MR) is 129 cm³/mol. The first kappa shape index (κ1) is 22.0. The molecule has 0 saturated carbocycles. The number of anilines is 1. The van der Waals surface area contributed by atoms with E-state index in [1.165, 1.54) is 18.7 Å². The van der Waals surface area contributed by atoms with E-state index >= 15 is 0 Å². The standard InChI is InChI=1S/C24H22N4O2S2/c1-16(29)19-10-6-11-20(14-19)25-23(30)17(2)32-24-27-26-22(21-12-7-13-31-21)28(24)15-18-8-4-3-5-9-18/h3-14,17H,15H2,1-2H3,(H,25,30)/t17-/m1/s1. The molecular weight excluding hydrogens is 440 g/mol. The van der Waals surface area contributed by atoms with Gasteiger partial charge in [-0.1, -0.05) is 60.3 Å². The lowest BCUT2D eigenvalue weighted by Crippen LogP contribution is -2.23. The van der Waals surface area contributed by atoms with Crippen molar-refractivity contribution in [3.8, 4) is 10.7 Å². The number of thiophene rings is 1. The molecule has 2 aromatic heterocycles. The summed E-state index contributed by atoms with van der Waals surface area (Å²) in [6, 6.07) is 21.1. The van der Waals surface area contributed by atoms with Gasteiger partial charge in [-0.3, -0.25) is 14.2 Å². The number of amides is 1. The fraction of sp³-hybridized carbons (Fsp3) is 0.167. The van der Waals surface area contributed by atoms with Gasteiger partial charge in [0.15, 0.2) is 16.8 Å². The van der Waals surface area contributed by atoms with E-state index in [0.717, 1.165) is 16.3 Å². The van der Waals surface area contributed by atoms with Crippen molar-refractivity contribution >= 4 is 40.5 Å². The third kappa shape index (κ3) is 5.15. The lowest BCUT2D eigenvalue weighted by atomic mass is 10.1. The molecule has 0 spiro atoms. The predicted octanol–water partition coefficient (Wildman–Crippen LogP) is 5.38. The van der Waals surface area contributed by atoms with Gasteiger partial charge in [-0.25, -0.2) is 0 Å². The number of carbonyl (C=O) groups excluding carboxylic acids is 2. The first-order valence-electron chi connectivity index (χ1n) is 10.1. The van der Waals surface area contributed by atoms with Crippen LogP contribution in [0.15, 0.2) is 77.3 Å². The van der Waals surface area contributed by atoms with Crippen LogP contribution in [-0.2, 0) is 11.3 Å². The van der Waals surface area contributed by atoms with Gasteiger partial charge in [0.05, 0.1) is 16.7 Å². The van der Waals surface area contributed by atoms with Crippen molar-refractivity contribution < 1.29 is 9.59 Å². The van der Waals surface area contributed by atoms with E-state index < -0.39 is 5.25 Å². The van der Waals surface area contributed by atoms with Crippen molar-refractivity contribution in [3.63, 3.8) is 0 Å². The zero-order valence-corrected chi connectivity index (χ0v) is 19.3. The van der Waals surface area contributed by atoms with Crippen LogP contribution >= 0.6 is 23.1 Å². The van der Waals surface area contributed by atoms with Crippen molar-refractivity contribution in [2.75, 3.05) is 5.32 Å². The normalized spacial score (nSPS) is 11.8. The number of Topliss-reactive ketones (excluding diaryl/α,β-unsaturated/α-hetero) is 1. The Bertz CT molecular complexity index is 1220. The zero-order chi connectivity index (χ0) is 22.5. The highest BCUT2D eigenvalue weighted by molar-refractivity contribution is 8.00.